The topological polar surface area (TPSA) is 303 Å². The van der Waals surface area contributed by atoms with Crippen LogP contribution in [-0.2, 0) is 57.4 Å². The van der Waals surface area contributed by atoms with Gasteiger partial charge in [0.05, 0.1) is 37.0 Å². The predicted octanol–water partition coefficient (Wildman–Crippen LogP) is 15.2. The number of carboxylic acid groups (broad SMARTS) is 6. The lowest BCUT2D eigenvalue weighted by Gasteiger charge is -2.20. The largest absolute Gasteiger partial charge is 0.481 e. The van der Waals surface area contributed by atoms with E-state index >= 15 is 0 Å². The lowest BCUT2D eigenvalue weighted by Crippen LogP contribution is -2.30. The maximum Gasteiger partial charge on any atom is 0.307 e. The van der Waals surface area contributed by atoms with E-state index in [4.69, 9.17) is 19.3 Å². The van der Waals surface area contributed by atoms with Crippen LogP contribution in [0.25, 0.3) is 0 Å². The van der Waals surface area contributed by atoms with E-state index in [0.717, 1.165) is 135 Å². The summed E-state index contributed by atoms with van der Waals surface area (Å²) in [4.78, 5) is 108. The minimum absolute atomic E-state index is 0.109. The fourth-order valence-electron chi connectivity index (χ4n) is 10.1. The number of carbonyl (C=O) groups excluding carboxylic acids is 3. The van der Waals surface area contributed by atoms with Crippen molar-refractivity contribution in [1.82, 2.24) is 0 Å². The SMILES string of the molecule is CCCCCCCC(/C=C/CCCCCCC(=O)OC(COC(=O)CCCCCCC/C=C\C=C\C(CCCCC)C(CC(=O)O)C(=O)O)COC(=O)CCCCCCC/C=C\C/C=C\C=C\C(CC)C(CC(=O)O)C(=O)O)C(CC(=O)O)C(=O)O. The molecule has 0 bridgehead atoms. The summed E-state index contributed by atoms with van der Waals surface area (Å²) in [5, 5.41) is 56.5. The van der Waals surface area contributed by atoms with E-state index in [1.54, 1.807) is 12.2 Å². The van der Waals surface area contributed by atoms with Crippen LogP contribution in [0.15, 0.2) is 72.9 Å². The number of ether oxygens (including phenoxy) is 3. The van der Waals surface area contributed by atoms with E-state index in [0.29, 0.717) is 51.4 Å². The Morgan fingerprint density at radius 3 is 1.21 bits per heavy atom. The molecule has 7 atom stereocenters. The Morgan fingerprint density at radius 1 is 0.360 bits per heavy atom. The highest BCUT2D eigenvalue weighted by molar-refractivity contribution is 5.79. The molecule has 0 amide bonds. The molecule has 7 unspecified atom stereocenters. The van der Waals surface area contributed by atoms with Crippen LogP contribution in [0.1, 0.15) is 245 Å². The molecule has 18 nitrogen and oxygen atoms in total. The number of allylic oxidation sites excluding steroid dienone is 12. The number of unbranched alkanes of at least 4 members (excludes halogenated alkanes) is 20. The van der Waals surface area contributed by atoms with Crippen LogP contribution in [-0.4, -0.2) is 104 Å². The van der Waals surface area contributed by atoms with Crippen LogP contribution in [0, 0.1) is 35.5 Å². The summed E-state index contributed by atoms with van der Waals surface area (Å²) in [6, 6.07) is 0. The summed E-state index contributed by atoms with van der Waals surface area (Å²) in [6.07, 6.45) is 45.0. The van der Waals surface area contributed by atoms with Crippen molar-refractivity contribution in [2.24, 2.45) is 35.5 Å². The number of rotatable bonds is 58. The number of aliphatic carboxylic acids is 6. The van der Waals surface area contributed by atoms with Gasteiger partial charge in [-0.05, 0) is 101 Å². The molecule has 0 aromatic carbocycles. The highest BCUT2D eigenvalue weighted by Gasteiger charge is 2.30. The van der Waals surface area contributed by atoms with Gasteiger partial charge in [-0.2, -0.15) is 0 Å². The first kappa shape index (κ1) is 79.7. The Hall–Kier alpha value is -6.33. The fourth-order valence-corrected chi connectivity index (χ4v) is 10.1. The van der Waals surface area contributed by atoms with Crippen molar-refractivity contribution >= 4 is 53.7 Å². The summed E-state index contributed by atoms with van der Waals surface area (Å²) in [6.45, 7) is 5.49. The summed E-state index contributed by atoms with van der Waals surface area (Å²) < 4.78 is 16.7. The van der Waals surface area contributed by atoms with Crippen molar-refractivity contribution in [3.05, 3.63) is 72.9 Å². The van der Waals surface area contributed by atoms with Gasteiger partial charge < -0.3 is 44.8 Å². The van der Waals surface area contributed by atoms with Crippen LogP contribution < -0.4 is 0 Å². The van der Waals surface area contributed by atoms with Crippen molar-refractivity contribution < 1.29 is 88.0 Å². The summed E-state index contributed by atoms with van der Waals surface area (Å²) in [7, 11) is 0. The van der Waals surface area contributed by atoms with Crippen molar-refractivity contribution in [2.45, 2.75) is 252 Å². The maximum absolute atomic E-state index is 13.0. The predicted molar refractivity (Wildman–Crippen MR) is 332 cm³/mol. The Labute approximate surface area is 513 Å². The third-order valence-electron chi connectivity index (χ3n) is 15.1. The quantitative estimate of drug-likeness (QED) is 0.0108. The van der Waals surface area contributed by atoms with Gasteiger partial charge >= 0.3 is 53.7 Å². The number of hydrogen-bond acceptors (Lipinski definition) is 12. The molecule has 488 valence electrons. The summed E-state index contributed by atoms with van der Waals surface area (Å²) in [5.74, 6) is -12.2. The maximum atomic E-state index is 13.0. The molecule has 0 rings (SSSR count). The molecule has 0 aliphatic heterocycles. The molecular formula is C68H108O18. The molecule has 0 saturated heterocycles. The molecule has 6 N–H and O–H groups in total. The molecule has 0 aromatic rings. The van der Waals surface area contributed by atoms with Crippen LogP contribution in [0.3, 0.4) is 0 Å². The van der Waals surface area contributed by atoms with Gasteiger partial charge in [0.2, 0.25) is 0 Å². The zero-order valence-corrected chi connectivity index (χ0v) is 52.2. The average molecular weight is 1210 g/mol. The first-order chi connectivity index (χ1) is 41.4. The van der Waals surface area contributed by atoms with Gasteiger partial charge in [-0.25, -0.2) is 0 Å². The monoisotopic (exact) mass is 1210 g/mol. The van der Waals surface area contributed by atoms with E-state index in [1.807, 2.05) is 55.5 Å². The number of carboxylic acids is 6. The normalized spacial score (nSPS) is 14.4. The minimum atomic E-state index is -1.14. The Morgan fingerprint density at radius 2 is 0.733 bits per heavy atom. The first-order valence-corrected chi connectivity index (χ1v) is 32.2. The van der Waals surface area contributed by atoms with Crippen LogP contribution in [0.2, 0.25) is 0 Å². The van der Waals surface area contributed by atoms with E-state index in [2.05, 4.69) is 26.0 Å². The van der Waals surface area contributed by atoms with E-state index in [-0.39, 0.29) is 50.2 Å². The van der Waals surface area contributed by atoms with Gasteiger partial charge in [0, 0.05) is 19.3 Å². The molecule has 0 spiro atoms. The van der Waals surface area contributed by atoms with E-state index in [1.165, 1.54) is 0 Å². The highest BCUT2D eigenvalue weighted by Crippen LogP contribution is 2.27. The second-order valence-electron chi connectivity index (χ2n) is 22.5. The molecule has 0 saturated carbocycles. The van der Waals surface area contributed by atoms with Crippen molar-refractivity contribution in [3.63, 3.8) is 0 Å². The third kappa shape index (κ3) is 46.0. The fraction of sp³-hybridized carbons (Fsp3) is 0.691. The second kappa shape index (κ2) is 54.1. The summed E-state index contributed by atoms with van der Waals surface area (Å²) in [5.41, 5.74) is 0. The highest BCUT2D eigenvalue weighted by atomic mass is 16.6. The van der Waals surface area contributed by atoms with Gasteiger partial charge in [-0.3, -0.25) is 43.2 Å². The van der Waals surface area contributed by atoms with Gasteiger partial charge in [0.15, 0.2) is 6.10 Å². The number of carbonyl (C=O) groups is 9. The van der Waals surface area contributed by atoms with Gasteiger partial charge in [0.1, 0.15) is 13.2 Å². The molecule has 0 heterocycles. The van der Waals surface area contributed by atoms with Gasteiger partial charge in [-0.15, -0.1) is 0 Å². The minimum Gasteiger partial charge on any atom is -0.481 e. The standard InChI is InChI=1S/C68H108O18/c1-4-7-9-25-34-42-55(59(68(82)83)50-62(73)74)44-36-28-23-24-31-39-47-65(77)86-56(51-84-63(75)45-37-29-21-17-13-11-10-12-15-19-26-33-40-53(6-3)57(66(78)79)48-60(69)70)52-85-64(76)46-38-30-22-18-14-16-20-27-35-43-54(41-32-8-5-2)58(67(80)81)49-61(71)72/h10,12,19-20,26-27,33,35-36,40,43-44,53-59H,4-9,11,13-18,21-25,28-32,34,37-39,41-42,45-52H2,1-3H3,(H,69,70)(H,71,72)(H,73,74)(H,78,79)(H,80,81)(H,82,83)/b12-10-,26-19-,27-20-,40-33+,43-35+,44-36+. The smallest absolute Gasteiger partial charge is 0.307 e. The molecule has 18 heteroatoms. The summed E-state index contributed by atoms with van der Waals surface area (Å²) >= 11 is 0. The third-order valence-corrected chi connectivity index (χ3v) is 15.1. The van der Waals surface area contributed by atoms with Crippen molar-refractivity contribution in [3.8, 4) is 0 Å². The number of esters is 3. The molecule has 0 aliphatic rings. The Balaban J connectivity index is 5.15. The zero-order chi connectivity index (χ0) is 64.0. The molecule has 0 aliphatic carbocycles. The second-order valence-corrected chi connectivity index (χ2v) is 22.5. The van der Waals surface area contributed by atoms with Gasteiger partial charge in [0.25, 0.3) is 0 Å². The lowest BCUT2D eigenvalue weighted by atomic mass is 9.84. The molecular weight excluding hydrogens is 1100 g/mol. The molecule has 0 fully saturated rings. The zero-order valence-electron chi connectivity index (χ0n) is 52.2. The first-order valence-electron chi connectivity index (χ1n) is 32.2. The van der Waals surface area contributed by atoms with Crippen molar-refractivity contribution in [1.29, 1.82) is 0 Å². The van der Waals surface area contributed by atoms with Crippen molar-refractivity contribution in [2.75, 3.05) is 13.2 Å². The van der Waals surface area contributed by atoms with Gasteiger partial charge in [-0.1, -0.05) is 196 Å². The molecule has 0 aromatic heterocycles. The Bertz CT molecular complexity index is 2090. The van der Waals surface area contributed by atoms with E-state index < -0.39 is 96.8 Å². The van der Waals surface area contributed by atoms with E-state index in [9.17, 15) is 68.7 Å². The molecule has 86 heavy (non-hydrogen) atoms. The van der Waals surface area contributed by atoms with Crippen LogP contribution >= 0.6 is 0 Å². The van der Waals surface area contributed by atoms with Crippen LogP contribution in [0.5, 0.6) is 0 Å². The number of hydrogen-bond donors (Lipinski definition) is 6. The molecule has 0 radical (unpaired) electrons. The Kier molecular flexibility index (Phi) is 50.1. The average Bonchev–Trinajstić information content (AvgIpc) is 3.68. The lowest BCUT2D eigenvalue weighted by molar-refractivity contribution is -0.167. The van der Waals surface area contributed by atoms with Crippen LogP contribution in [0.4, 0.5) is 0 Å².